The zero-order chi connectivity index (χ0) is 20.8. The first-order valence-electron chi connectivity index (χ1n) is 9.64. The van der Waals surface area contributed by atoms with Crippen molar-refractivity contribution in [3.63, 3.8) is 0 Å². The van der Waals surface area contributed by atoms with Crippen molar-refractivity contribution in [1.82, 2.24) is 4.57 Å². The molecule has 0 aliphatic carbocycles. The first-order valence-corrected chi connectivity index (χ1v) is 9.64. The third-order valence-corrected chi connectivity index (χ3v) is 4.35. The van der Waals surface area contributed by atoms with Crippen molar-refractivity contribution in [2.45, 2.75) is 33.8 Å². The lowest BCUT2D eigenvalue weighted by Gasteiger charge is -2.09. The topological polar surface area (TPSA) is 52.8 Å². The Morgan fingerprint density at radius 3 is 2.17 bits per heavy atom. The standard InChI is InChI=1S/C24H26N2O3/c1-17(2)29-24(27)16-28-23-13-7-20(8-14-23)15-25-21-9-11-22(12-10-21)26-18(3)5-6-19(26)4/h5-15,17H,16H2,1-4H3. The van der Waals surface area contributed by atoms with Crippen LogP contribution in [0.1, 0.15) is 30.8 Å². The van der Waals surface area contributed by atoms with Crippen LogP contribution in [0.5, 0.6) is 5.75 Å². The van der Waals surface area contributed by atoms with Crippen molar-refractivity contribution in [2.24, 2.45) is 4.99 Å². The summed E-state index contributed by atoms with van der Waals surface area (Å²) in [5.41, 5.74) is 5.37. The Morgan fingerprint density at radius 2 is 1.59 bits per heavy atom. The van der Waals surface area contributed by atoms with Gasteiger partial charge in [0.05, 0.1) is 11.8 Å². The van der Waals surface area contributed by atoms with Crippen LogP contribution >= 0.6 is 0 Å². The molecule has 0 aliphatic heterocycles. The average Bonchev–Trinajstić information content (AvgIpc) is 3.04. The van der Waals surface area contributed by atoms with Crippen LogP contribution in [0, 0.1) is 13.8 Å². The van der Waals surface area contributed by atoms with E-state index in [0.717, 1.165) is 16.9 Å². The van der Waals surface area contributed by atoms with Crippen LogP contribution in [0.15, 0.2) is 65.7 Å². The van der Waals surface area contributed by atoms with Crippen LogP contribution in [-0.2, 0) is 9.53 Å². The molecule has 0 unspecified atom stereocenters. The second-order valence-corrected chi connectivity index (χ2v) is 7.12. The van der Waals surface area contributed by atoms with E-state index in [1.165, 1.54) is 11.4 Å². The van der Waals surface area contributed by atoms with Crippen LogP contribution in [0.25, 0.3) is 5.69 Å². The molecule has 5 heteroatoms. The molecule has 2 aromatic carbocycles. The number of carbonyl (C=O) groups is 1. The number of hydrogen-bond donors (Lipinski definition) is 0. The lowest BCUT2D eigenvalue weighted by molar-refractivity contribution is -0.149. The van der Waals surface area contributed by atoms with Gasteiger partial charge < -0.3 is 14.0 Å². The van der Waals surface area contributed by atoms with Crippen molar-refractivity contribution in [3.05, 3.63) is 77.6 Å². The quantitative estimate of drug-likeness (QED) is 0.413. The number of esters is 1. The minimum absolute atomic E-state index is 0.0989. The smallest absolute Gasteiger partial charge is 0.344 e. The molecule has 0 radical (unpaired) electrons. The third-order valence-electron chi connectivity index (χ3n) is 4.35. The maximum absolute atomic E-state index is 11.5. The van der Waals surface area contributed by atoms with Crippen molar-refractivity contribution in [1.29, 1.82) is 0 Å². The summed E-state index contributed by atoms with van der Waals surface area (Å²) in [5, 5.41) is 0. The van der Waals surface area contributed by atoms with Gasteiger partial charge in [-0.15, -0.1) is 0 Å². The molecular formula is C24H26N2O3. The molecule has 0 saturated heterocycles. The van der Waals surface area contributed by atoms with Gasteiger partial charge in [0, 0.05) is 23.3 Å². The zero-order valence-electron chi connectivity index (χ0n) is 17.3. The molecule has 29 heavy (non-hydrogen) atoms. The number of rotatable bonds is 7. The van der Waals surface area contributed by atoms with Gasteiger partial charge in [0.15, 0.2) is 6.61 Å². The molecule has 3 aromatic rings. The molecule has 3 rings (SSSR count). The van der Waals surface area contributed by atoms with E-state index >= 15 is 0 Å². The van der Waals surface area contributed by atoms with Gasteiger partial charge in [0.1, 0.15) is 5.75 Å². The maximum atomic E-state index is 11.5. The second-order valence-electron chi connectivity index (χ2n) is 7.12. The number of hydrogen-bond acceptors (Lipinski definition) is 4. The Bertz CT molecular complexity index is 964. The summed E-state index contributed by atoms with van der Waals surface area (Å²) < 4.78 is 12.7. The van der Waals surface area contributed by atoms with Crippen molar-refractivity contribution >= 4 is 17.9 Å². The van der Waals surface area contributed by atoms with E-state index in [1.807, 2.05) is 50.2 Å². The van der Waals surface area contributed by atoms with Crippen molar-refractivity contribution < 1.29 is 14.3 Å². The Kier molecular flexibility index (Phi) is 6.50. The van der Waals surface area contributed by atoms with Crippen LogP contribution in [-0.4, -0.2) is 29.5 Å². The Labute approximate surface area is 171 Å². The van der Waals surface area contributed by atoms with Gasteiger partial charge in [-0.3, -0.25) is 4.99 Å². The highest BCUT2D eigenvalue weighted by atomic mass is 16.6. The lowest BCUT2D eigenvalue weighted by Crippen LogP contribution is -2.18. The fourth-order valence-electron chi connectivity index (χ4n) is 3.00. The highest BCUT2D eigenvalue weighted by Crippen LogP contribution is 2.20. The van der Waals surface area contributed by atoms with E-state index in [9.17, 15) is 4.79 Å². The number of nitrogens with zero attached hydrogens (tertiary/aromatic N) is 2. The summed E-state index contributed by atoms with van der Waals surface area (Å²) in [4.78, 5) is 16.1. The molecule has 0 aliphatic rings. The summed E-state index contributed by atoms with van der Waals surface area (Å²) in [6, 6.07) is 19.8. The summed E-state index contributed by atoms with van der Waals surface area (Å²) in [5.74, 6) is 0.240. The number of aryl methyl sites for hydroxylation is 2. The largest absolute Gasteiger partial charge is 0.482 e. The Hall–Kier alpha value is -3.34. The van der Waals surface area contributed by atoms with Gasteiger partial charge in [-0.25, -0.2) is 4.79 Å². The fourth-order valence-corrected chi connectivity index (χ4v) is 3.00. The second kappa shape index (κ2) is 9.24. The van der Waals surface area contributed by atoms with Crippen LogP contribution in [0.2, 0.25) is 0 Å². The number of carbonyl (C=O) groups excluding carboxylic acids is 1. The number of benzene rings is 2. The molecule has 1 heterocycles. The van der Waals surface area contributed by atoms with Gasteiger partial charge in [-0.05, 0) is 93.9 Å². The van der Waals surface area contributed by atoms with Crippen molar-refractivity contribution in [3.8, 4) is 11.4 Å². The highest BCUT2D eigenvalue weighted by molar-refractivity contribution is 5.82. The first-order chi connectivity index (χ1) is 13.9. The Balaban J connectivity index is 1.59. The molecular weight excluding hydrogens is 364 g/mol. The number of ether oxygens (including phenoxy) is 2. The van der Waals surface area contributed by atoms with E-state index in [1.54, 1.807) is 6.21 Å². The SMILES string of the molecule is Cc1ccc(C)n1-c1ccc(N=Cc2ccc(OCC(=O)OC(C)C)cc2)cc1. The molecule has 0 amide bonds. The van der Waals surface area contributed by atoms with Gasteiger partial charge in [-0.2, -0.15) is 0 Å². The van der Waals surface area contributed by atoms with Crippen LogP contribution < -0.4 is 4.74 Å². The maximum Gasteiger partial charge on any atom is 0.344 e. The predicted octanol–water partition coefficient (Wildman–Crippen LogP) is 5.18. The van der Waals surface area contributed by atoms with Crippen molar-refractivity contribution in [2.75, 3.05) is 6.61 Å². The zero-order valence-corrected chi connectivity index (χ0v) is 17.3. The van der Waals surface area contributed by atoms with Gasteiger partial charge >= 0.3 is 5.97 Å². The molecule has 0 bridgehead atoms. The lowest BCUT2D eigenvalue weighted by atomic mass is 10.2. The summed E-state index contributed by atoms with van der Waals surface area (Å²) in [7, 11) is 0. The highest BCUT2D eigenvalue weighted by Gasteiger charge is 2.06. The van der Waals surface area contributed by atoms with E-state index in [4.69, 9.17) is 9.47 Å². The molecule has 0 spiro atoms. The number of aromatic nitrogens is 1. The number of aliphatic imine (C=N–C) groups is 1. The molecule has 5 nitrogen and oxygen atoms in total. The molecule has 0 fully saturated rings. The average molecular weight is 390 g/mol. The molecule has 0 atom stereocenters. The van der Waals surface area contributed by atoms with Crippen LogP contribution in [0.3, 0.4) is 0 Å². The minimum atomic E-state index is -0.376. The van der Waals surface area contributed by atoms with Crippen LogP contribution in [0.4, 0.5) is 5.69 Å². The van der Waals surface area contributed by atoms with E-state index in [-0.39, 0.29) is 18.7 Å². The molecule has 1 aromatic heterocycles. The summed E-state index contributed by atoms with van der Waals surface area (Å²) in [6.45, 7) is 7.71. The van der Waals surface area contributed by atoms with E-state index in [2.05, 4.69) is 47.7 Å². The molecule has 0 saturated carbocycles. The monoisotopic (exact) mass is 390 g/mol. The third kappa shape index (κ3) is 5.57. The van der Waals surface area contributed by atoms with E-state index < -0.39 is 0 Å². The molecule has 0 N–H and O–H groups in total. The van der Waals surface area contributed by atoms with Gasteiger partial charge in [-0.1, -0.05) is 0 Å². The minimum Gasteiger partial charge on any atom is -0.482 e. The summed E-state index contributed by atoms with van der Waals surface area (Å²) in [6.07, 6.45) is 1.66. The first kappa shape index (κ1) is 20.4. The van der Waals surface area contributed by atoms with Gasteiger partial charge in [0.2, 0.25) is 0 Å². The Morgan fingerprint density at radius 1 is 0.966 bits per heavy atom. The normalized spacial score (nSPS) is 11.2. The van der Waals surface area contributed by atoms with E-state index in [0.29, 0.717) is 5.75 Å². The predicted molar refractivity (Wildman–Crippen MR) is 116 cm³/mol. The summed E-state index contributed by atoms with van der Waals surface area (Å²) >= 11 is 0. The molecule has 150 valence electrons. The fraction of sp³-hybridized carbons (Fsp3) is 0.250. The van der Waals surface area contributed by atoms with Gasteiger partial charge in [0.25, 0.3) is 0 Å².